The number of anilines is 1. The fourth-order valence-electron chi connectivity index (χ4n) is 2.79. The Morgan fingerprint density at radius 3 is 3.09 bits per heavy atom. The first-order chi connectivity index (χ1) is 10.8. The number of nitrogens with zero attached hydrogens (tertiary/aromatic N) is 2. The van der Waals surface area contributed by atoms with Gasteiger partial charge in [-0.05, 0) is 25.5 Å². The van der Waals surface area contributed by atoms with Crippen LogP contribution in [0, 0.1) is 0 Å². The van der Waals surface area contributed by atoms with Crippen LogP contribution in [0.15, 0.2) is 30.5 Å². The first kappa shape index (κ1) is 14.8. The molecule has 1 aromatic carbocycles. The van der Waals surface area contributed by atoms with E-state index in [9.17, 15) is 4.79 Å². The summed E-state index contributed by atoms with van der Waals surface area (Å²) in [6.07, 6.45) is 2.67. The third-order valence-corrected chi connectivity index (χ3v) is 3.81. The van der Waals surface area contributed by atoms with Crippen molar-refractivity contribution >= 4 is 22.6 Å². The molecule has 1 aliphatic heterocycles. The zero-order chi connectivity index (χ0) is 15.4. The molecule has 0 aliphatic carbocycles. The fraction of sp³-hybridized carbons (Fsp3) is 0.412. The highest BCUT2D eigenvalue weighted by Crippen LogP contribution is 2.28. The molecule has 0 radical (unpaired) electrons. The van der Waals surface area contributed by atoms with Gasteiger partial charge in [0.15, 0.2) is 0 Å². The SMILES string of the molecule is CCOC(=O)c1ccnc2c(N3CCCOCC3)cccc12. The van der Waals surface area contributed by atoms with Gasteiger partial charge in [-0.15, -0.1) is 0 Å². The van der Waals surface area contributed by atoms with Crippen LogP contribution in [0.2, 0.25) is 0 Å². The van der Waals surface area contributed by atoms with Crippen LogP contribution in [0.3, 0.4) is 0 Å². The van der Waals surface area contributed by atoms with Gasteiger partial charge in [-0.25, -0.2) is 4.79 Å². The molecule has 1 fully saturated rings. The Hall–Kier alpha value is -2.14. The Morgan fingerprint density at radius 1 is 1.32 bits per heavy atom. The maximum atomic E-state index is 12.1. The third kappa shape index (κ3) is 2.90. The molecule has 0 spiro atoms. The van der Waals surface area contributed by atoms with Crippen molar-refractivity contribution in [3.05, 3.63) is 36.0 Å². The summed E-state index contributed by atoms with van der Waals surface area (Å²) in [4.78, 5) is 18.9. The maximum Gasteiger partial charge on any atom is 0.338 e. The van der Waals surface area contributed by atoms with E-state index in [1.807, 2.05) is 19.1 Å². The van der Waals surface area contributed by atoms with Crippen molar-refractivity contribution in [1.82, 2.24) is 4.98 Å². The zero-order valence-electron chi connectivity index (χ0n) is 12.7. The van der Waals surface area contributed by atoms with Crippen molar-refractivity contribution in [2.45, 2.75) is 13.3 Å². The summed E-state index contributed by atoms with van der Waals surface area (Å²) in [6.45, 7) is 5.46. The number of fused-ring (bicyclic) bond motifs is 1. The number of ether oxygens (including phenoxy) is 2. The lowest BCUT2D eigenvalue weighted by molar-refractivity contribution is 0.0528. The van der Waals surface area contributed by atoms with Crippen molar-refractivity contribution in [2.24, 2.45) is 0 Å². The van der Waals surface area contributed by atoms with E-state index in [2.05, 4.69) is 16.0 Å². The average molecular weight is 300 g/mol. The Morgan fingerprint density at radius 2 is 2.23 bits per heavy atom. The van der Waals surface area contributed by atoms with E-state index in [1.54, 1.807) is 12.3 Å². The zero-order valence-corrected chi connectivity index (χ0v) is 12.7. The van der Waals surface area contributed by atoms with Gasteiger partial charge in [0.1, 0.15) is 0 Å². The van der Waals surface area contributed by atoms with Gasteiger partial charge in [-0.1, -0.05) is 12.1 Å². The lowest BCUT2D eigenvalue weighted by Gasteiger charge is -2.23. The van der Waals surface area contributed by atoms with Crippen molar-refractivity contribution in [1.29, 1.82) is 0 Å². The predicted octanol–water partition coefficient (Wildman–Crippen LogP) is 2.64. The highest BCUT2D eigenvalue weighted by Gasteiger charge is 2.17. The van der Waals surface area contributed by atoms with Crippen LogP contribution in [-0.4, -0.2) is 43.9 Å². The first-order valence-electron chi connectivity index (χ1n) is 7.69. The number of aromatic nitrogens is 1. The van der Waals surface area contributed by atoms with Crippen LogP contribution < -0.4 is 4.90 Å². The number of hydrogen-bond acceptors (Lipinski definition) is 5. The second-order valence-electron chi connectivity index (χ2n) is 5.21. The highest BCUT2D eigenvalue weighted by molar-refractivity contribution is 6.06. The average Bonchev–Trinajstić information content (AvgIpc) is 2.83. The monoisotopic (exact) mass is 300 g/mol. The predicted molar refractivity (Wildman–Crippen MR) is 85.3 cm³/mol. The molecular formula is C17H20N2O3. The summed E-state index contributed by atoms with van der Waals surface area (Å²) >= 11 is 0. The van der Waals surface area contributed by atoms with Crippen LogP contribution in [0.4, 0.5) is 5.69 Å². The number of hydrogen-bond donors (Lipinski definition) is 0. The minimum Gasteiger partial charge on any atom is -0.462 e. The number of benzene rings is 1. The Balaban J connectivity index is 2.05. The second-order valence-corrected chi connectivity index (χ2v) is 5.21. The number of pyridine rings is 1. The van der Waals surface area contributed by atoms with Crippen molar-refractivity contribution in [3.8, 4) is 0 Å². The van der Waals surface area contributed by atoms with Gasteiger partial charge < -0.3 is 14.4 Å². The highest BCUT2D eigenvalue weighted by atomic mass is 16.5. The summed E-state index contributed by atoms with van der Waals surface area (Å²) < 4.78 is 10.7. The molecule has 2 heterocycles. The van der Waals surface area contributed by atoms with Gasteiger partial charge in [0.2, 0.25) is 0 Å². The lowest BCUT2D eigenvalue weighted by Crippen LogP contribution is -2.26. The van der Waals surface area contributed by atoms with Gasteiger partial charge in [-0.3, -0.25) is 4.98 Å². The van der Waals surface area contributed by atoms with Gasteiger partial charge >= 0.3 is 5.97 Å². The molecule has 3 rings (SSSR count). The van der Waals surface area contributed by atoms with Crippen LogP contribution in [-0.2, 0) is 9.47 Å². The lowest BCUT2D eigenvalue weighted by atomic mass is 10.1. The molecule has 116 valence electrons. The molecular weight excluding hydrogens is 280 g/mol. The van der Waals surface area contributed by atoms with E-state index < -0.39 is 0 Å². The molecule has 0 bridgehead atoms. The van der Waals surface area contributed by atoms with Gasteiger partial charge in [0.05, 0.1) is 30.0 Å². The van der Waals surface area contributed by atoms with Crippen LogP contribution in [0.25, 0.3) is 10.9 Å². The van der Waals surface area contributed by atoms with E-state index in [-0.39, 0.29) is 5.97 Å². The largest absolute Gasteiger partial charge is 0.462 e. The van der Waals surface area contributed by atoms with Crippen LogP contribution >= 0.6 is 0 Å². The Labute approximate surface area is 129 Å². The van der Waals surface area contributed by atoms with E-state index in [0.717, 1.165) is 42.7 Å². The number of para-hydroxylation sites is 1. The minimum atomic E-state index is -0.300. The number of esters is 1. The van der Waals surface area contributed by atoms with E-state index in [0.29, 0.717) is 18.8 Å². The summed E-state index contributed by atoms with van der Waals surface area (Å²) in [5, 5.41) is 0.837. The van der Waals surface area contributed by atoms with Gasteiger partial charge in [0.25, 0.3) is 0 Å². The quantitative estimate of drug-likeness (QED) is 0.816. The second kappa shape index (κ2) is 6.75. The molecule has 1 aromatic heterocycles. The summed E-state index contributed by atoms with van der Waals surface area (Å²) in [7, 11) is 0. The van der Waals surface area contributed by atoms with Gasteiger partial charge in [0, 0.05) is 31.3 Å². The fourth-order valence-corrected chi connectivity index (χ4v) is 2.79. The molecule has 5 nitrogen and oxygen atoms in total. The normalized spacial score (nSPS) is 15.6. The minimum absolute atomic E-state index is 0.300. The molecule has 5 heteroatoms. The van der Waals surface area contributed by atoms with Crippen molar-refractivity contribution in [3.63, 3.8) is 0 Å². The molecule has 1 aliphatic rings. The third-order valence-electron chi connectivity index (χ3n) is 3.81. The van der Waals surface area contributed by atoms with Crippen LogP contribution in [0.5, 0.6) is 0 Å². The molecule has 0 amide bonds. The number of carbonyl (C=O) groups excluding carboxylic acids is 1. The van der Waals surface area contributed by atoms with Gasteiger partial charge in [-0.2, -0.15) is 0 Å². The molecule has 0 unspecified atom stereocenters. The summed E-state index contributed by atoms with van der Waals surface area (Å²) in [5.74, 6) is -0.300. The first-order valence-corrected chi connectivity index (χ1v) is 7.69. The number of carbonyl (C=O) groups is 1. The summed E-state index contributed by atoms with van der Waals surface area (Å²) in [6, 6.07) is 7.66. The number of rotatable bonds is 3. The molecule has 2 aromatic rings. The Bertz CT molecular complexity index is 664. The smallest absolute Gasteiger partial charge is 0.338 e. The molecule has 1 saturated heterocycles. The Kier molecular flexibility index (Phi) is 4.53. The molecule has 0 N–H and O–H groups in total. The maximum absolute atomic E-state index is 12.1. The van der Waals surface area contributed by atoms with Crippen molar-refractivity contribution in [2.75, 3.05) is 37.8 Å². The van der Waals surface area contributed by atoms with Crippen molar-refractivity contribution < 1.29 is 14.3 Å². The summed E-state index contributed by atoms with van der Waals surface area (Å²) in [5.41, 5.74) is 2.46. The topological polar surface area (TPSA) is 51.7 Å². The van der Waals surface area contributed by atoms with Crippen LogP contribution in [0.1, 0.15) is 23.7 Å². The molecule has 0 atom stereocenters. The molecule has 22 heavy (non-hydrogen) atoms. The van der Waals surface area contributed by atoms with E-state index in [1.165, 1.54) is 0 Å². The molecule has 0 saturated carbocycles. The van der Waals surface area contributed by atoms with E-state index in [4.69, 9.17) is 9.47 Å². The standard InChI is InChI=1S/C17H20N2O3/c1-2-22-17(20)14-7-8-18-16-13(14)5-3-6-15(16)19-9-4-11-21-12-10-19/h3,5-8H,2,4,9-12H2,1H3. The van der Waals surface area contributed by atoms with E-state index >= 15 is 0 Å².